The summed E-state index contributed by atoms with van der Waals surface area (Å²) in [7, 11) is 0. The minimum Gasteiger partial charge on any atom is -0.493 e. The Balaban J connectivity index is 2.74. The summed E-state index contributed by atoms with van der Waals surface area (Å²) in [5, 5.41) is 0. The Kier molecular flexibility index (Phi) is 5.72. The molecule has 0 aliphatic rings. The highest BCUT2D eigenvalue weighted by atomic mass is 16.5. The molecule has 0 unspecified atom stereocenters. The van der Waals surface area contributed by atoms with Crippen LogP contribution in [0.25, 0.3) is 0 Å². The molecule has 0 heterocycles. The van der Waals surface area contributed by atoms with Crippen LogP contribution < -0.4 is 15.2 Å². The van der Waals surface area contributed by atoms with Crippen molar-refractivity contribution in [1.82, 2.24) is 0 Å². The summed E-state index contributed by atoms with van der Waals surface area (Å²) in [6.07, 6.45) is 1.99. The number of ether oxygens (including phenoxy) is 2. The lowest BCUT2D eigenvalue weighted by Gasteiger charge is -2.12. The fraction of sp³-hybridized carbons (Fsp3) is 0.538. The van der Waals surface area contributed by atoms with Gasteiger partial charge in [0, 0.05) is 18.2 Å². The lowest BCUT2D eigenvalue weighted by molar-refractivity contribution is 0.299. The van der Waals surface area contributed by atoms with Gasteiger partial charge < -0.3 is 15.2 Å². The monoisotopic (exact) mass is 223 g/mol. The third kappa shape index (κ3) is 3.74. The van der Waals surface area contributed by atoms with Crippen LogP contribution in [0.3, 0.4) is 0 Å². The number of benzene rings is 1. The van der Waals surface area contributed by atoms with Gasteiger partial charge in [-0.2, -0.15) is 0 Å². The van der Waals surface area contributed by atoms with Gasteiger partial charge in [-0.15, -0.1) is 0 Å². The van der Waals surface area contributed by atoms with Crippen molar-refractivity contribution in [2.24, 2.45) is 5.73 Å². The topological polar surface area (TPSA) is 44.5 Å². The average Bonchev–Trinajstić information content (AvgIpc) is 2.33. The van der Waals surface area contributed by atoms with Crippen molar-refractivity contribution in [3.8, 4) is 11.5 Å². The molecule has 0 bridgehead atoms. The van der Waals surface area contributed by atoms with Gasteiger partial charge in [-0.25, -0.2) is 0 Å². The van der Waals surface area contributed by atoms with Gasteiger partial charge in [0.2, 0.25) is 0 Å². The Morgan fingerprint density at radius 3 is 2.38 bits per heavy atom. The zero-order valence-electron chi connectivity index (χ0n) is 10.2. The molecule has 90 valence electrons. The first-order valence-electron chi connectivity index (χ1n) is 5.90. The molecule has 2 N–H and O–H groups in total. The van der Waals surface area contributed by atoms with Crippen molar-refractivity contribution >= 4 is 0 Å². The lowest BCUT2D eigenvalue weighted by Crippen LogP contribution is -2.04. The SMILES string of the molecule is CCCOc1ccc(CN)c(OCCC)c1. The van der Waals surface area contributed by atoms with Crippen molar-refractivity contribution in [2.75, 3.05) is 13.2 Å². The molecule has 0 saturated carbocycles. The predicted molar refractivity (Wildman–Crippen MR) is 65.9 cm³/mol. The average molecular weight is 223 g/mol. The van der Waals surface area contributed by atoms with E-state index in [-0.39, 0.29) is 0 Å². The summed E-state index contributed by atoms with van der Waals surface area (Å²) >= 11 is 0. The second-order valence-electron chi connectivity index (χ2n) is 3.67. The number of rotatable bonds is 7. The van der Waals surface area contributed by atoms with E-state index in [0.717, 1.165) is 36.5 Å². The molecule has 0 saturated heterocycles. The molecular weight excluding hydrogens is 202 g/mol. The first-order valence-corrected chi connectivity index (χ1v) is 5.90. The van der Waals surface area contributed by atoms with Crippen LogP contribution in [0.1, 0.15) is 32.3 Å². The Morgan fingerprint density at radius 1 is 1.06 bits per heavy atom. The predicted octanol–water partition coefficient (Wildman–Crippen LogP) is 2.72. The first-order chi connectivity index (χ1) is 7.81. The van der Waals surface area contributed by atoms with Crippen LogP contribution in [0.2, 0.25) is 0 Å². The first kappa shape index (κ1) is 12.8. The van der Waals surface area contributed by atoms with E-state index in [1.165, 1.54) is 0 Å². The molecule has 0 aliphatic carbocycles. The van der Waals surface area contributed by atoms with Crippen molar-refractivity contribution in [3.63, 3.8) is 0 Å². The molecule has 0 amide bonds. The summed E-state index contributed by atoms with van der Waals surface area (Å²) < 4.78 is 11.2. The second-order valence-corrected chi connectivity index (χ2v) is 3.67. The Labute approximate surface area is 97.6 Å². The molecule has 3 heteroatoms. The highest BCUT2D eigenvalue weighted by Crippen LogP contribution is 2.25. The summed E-state index contributed by atoms with van der Waals surface area (Å²) in [5.41, 5.74) is 6.68. The van der Waals surface area contributed by atoms with Gasteiger partial charge in [-0.05, 0) is 18.9 Å². The molecule has 3 nitrogen and oxygen atoms in total. The fourth-order valence-corrected chi connectivity index (χ4v) is 1.36. The van der Waals surface area contributed by atoms with E-state index in [4.69, 9.17) is 15.2 Å². The fourth-order valence-electron chi connectivity index (χ4n) is 1.36. The van der Waals surface area contributed by atoms with Crippen LogP contribution in [0.5, 0.6) is 11.5 Å². The van der Waals surface area contributed by atoms with Crippen molar-refractivity contribution in [1.29, 1.82) is 0 Å². The number of nitrogens with two attached hydrogens (primary N) is 1. The third-order valence-electron chi connectivity index (χ3n) is 2.19. The molecule has 0 radical (unpaired) electrons. The molecule has 1 aromatic rings. The molecule has 0 spiro atoms. The van der Waals surface area contributed by atoms with E-state index >= 15 is 0 Å². The van der Waals surface area contributed by atoms with Crippen LogP contribution in [0.15, 0.2) is 18.2 Å². The Bertz CT molecular complexity index is 313. The van der Waals surface area contributed by atoms with Crippen molar-refractivity contribution in [3.05, 3.63) is 23.8 Å². The maximum atomic E-state index is 5.65. The van der Waals surface area contributed by atoms with E-state index in [1.54, 1.807) is 0 Å². The second kappa shape index (κ2) is 7.12. The lowest BCUT2D eigenvalue weighted by atomic mass is 10.2. The summed E-state index contributed by atoms with van der Waals surface area (Å²) in [4.78, 5) is 0. The summed E-state index contributed by atoms with van der Waals surface area (Å²) in [5.74, 6) is 1.70. The molecule has 0 aromatic heterocycles. The van der Waals surface area contributed by atoms with E-state index in [0.29, 0.717) is 13.2 Å². The molecule has 1 rings (SSSR count). The van der Waals surface area contributed by atoms with E-state index < -0.39 is 0 Å². The van der Waals surface area contributed by atoms with E-state index in [1.807, 2.05) is 18.2 Å². The van der Waals surface area contributed by atoms with Gasteiger partial charge in [-0.3, -0.25) is 0 Å². The molecule has 0 fully saturated rings. The standard InChI is InChI=1S/C13H21NO2/c1-3-7-15-12-6-5-11(10-14)13(9-12)16-8-4-2/h5-6,9H,3-4,7-8,10,14H2,1-2H3. The van der Waals surface area contributed by atoms with E-state index in [2.05, 4.69) is 13.8 Å². The molecule has 0 aliphatic heterocycles. The normalized spacial score (nSPS) is 10.2. The van der Waals surface area contributed by atoms with Gasteiger partial charge in [0.05, 0.1) is 13.2 Å². The van der Waals surface area contributed by atoms with Gasteiger partial charge in [0.15, 0.2) is 0 Å². The Morgan fingerprint density at radius 2 is 1.75 bits per heavy atom. The van der Waals surface area contributed by atoms with Crippen LogP contribution in [-0.2, 0) is 6.54 Å². The summed E-state index contributed by atoms with van der Waals surface area (Å²) in [6, 6.07) is 5.83. The molecule has 0 atom stereocenters. The van der Waals surface area contributed by atoms with Crippen LogP contribution in [0.4, 0.5) is 0 Å². The minimum absolute atomic E-state index is 0.493. The smallest absolute Gasteiger partial charge is 0.127 e. The molecular formula is C13H21NO2. The summed E-state index contributed by atoms with van der Waals surface area (Å²) in [6.45, 7) is 6.11. The highest BCUT2D eigenvalue weighted by Gasteiger charge is 2.04. The third-order valence-corrected chi connectivity index (χ3v) is 2.19. The van der Waals surface area contributed by atoms with Crippen molar-refractivity contribution < 1.29 is 9.47 Å². The van der Waals surface area contributed by atoms with Gasteiger partial charge in [0.25, 0.3) is 0 Å². The zero-order valence-corrected chi connectivity index (χ0v) is 10.2. The molecule has 16 heavy (non-hydrogen) atoms. The highest BCUT2D eigenvalue weighted by molar-refractivity contribution is 5.40. The number of hydrogen-bond acceptors (Lipinski definition) is 3. The number of hydrogen-bond donors (Lipinski definition) is 1. The van der Waals surface area contributed by atoms with Gasteiger partial charge >= 0.3 is 0 Å². The molecule has 1 aromatic carbocycles. The van der Waals surface area contributed by atoms with Crippen LogP contribution in [-0.4, -0.2) is 13.2 Å². The van der Waals surface area contributed by atoms with Crippen LogP contribution >= 0.6 is 0 Å². The zero-order chi connectivity index (χ0) is 11.8. The van der Waals surface area contributed by atoms with Gasteiger partial charge in [-0.1, -0.05) is 19.9 Å². The maximum absolute atomic E-state index is 5.65. The Hall–Kier alpha value is -1.22. The van der Waals surface area contributed by atoms with Crippen LogP contribution in [0, 0.1) is 0 Å². The van der Waals surface area contributed by atoms with Gasteiger partial charge in [0.1, 0.15) is 11.5 Å². The van der Waals surface area contributed by atoms with Crippen molar-refractivity contribution in [2.45, 2.75) is 33.2 Å². The largest absolute Gasteiger partial charge is 0.493 e. The maximum Gasteiger partial charge on any atom is 0.127 e. The minimum atomic E-state index is 0.493. The quantitative estimate of drug-likeness (QED) is 0.773. The van der Waals surface area contributed by atoms with E-state index in [9.17, 15) is 0 Å².